The van der Waals surface area contributed by atoms with Gasteiger partial charge in [0.15, 0.2) is 0 Å². The van der Waals surface area contributed by atoms with Crippen molar-refractivity contribution in [2.45, 2.75) is 58.0 Å². The molecule has 22 heavy (non-hydrogen) atoms. The Labute approximate surface area is 133 Å². The van der Waals surface area contributed by atoms with E-state index in [-0.39, 0.29) is 5.91 Å². The highest BCUT2D eigenvalue weighted by Crippen LogP contribution is 2.23. The smallest absolute Gasteiger partial charge is 0.230 e. The zero-order valence-electron chi connectivity index (χ0n) is 14.0. The maximum atomic E-state index is 12.2. The number of benzene rings is 1. The molecule has 3 atom stereocenters. The van der Waals surface area contributed by atoms with Crippen molar-refractivity contribution >= 4 is 11.6 Å². The van der Waals surface area contributed by atoms with E-state index in [9.17, 15) is 4.79 Å². The molecule has 1 aromatic carbocycles. The fourth-order valence-corrected chi connectivity index (χ4v) is 3.36. The van der Waals surface area contributed by atoms with Crippen molar-refractivity contribution in [3.8, 4) is 5.75 Å². The van der Waals surface area contributed by atoms with Crippen LogP contribution in [0.25, 0.3) is 0 Å². The normalized spacial score (nSPS) is 22.9. The molecule has 0 aliphatic heterocycles. The molecule has 0 aromatic heterocycles. The van der Waals surface area contributed by atoms with E-state index in [2.05, 4.69) is 24.5 Å². The Morgan fingerprint density at radius 3 is 2.82 bits per heavy atom. The minimum atomic E-state index is 0.0525. The van der Waals surface area contributed by atoms with Gasteiger partial charge >= 0.3 is 0 Å². The van der Waals surface area contributed by atoms with Crippen LogP contribution in [0.2, 0.25) is 0 Å². The lowest BCUT2D eigenvalue weighted by atomic mass is 9.85. The van der Waals surface area contributed by atoms with Crippen molar-refractivity contribution < 1.29 is 14.8 Å². The van der Waals surface area contributed by atoms with Crippen molar-refractivity contribution in [2.75, 3.05) is 12.4 Å². The summed E-state index contributed by atoms with van der Waals surface area (Å²) in [6.07, 6.45) is 5.81. The highest BCUT2D eigenvalue weighted by atomic mass is 16.5. The van der Waals surface area contributed by atoms with Crippen molar-refractivity contribution in [1.82, 2.24) is 0 Å². The Kier molecular flexibility index (Phi) is 6.25. The van der Waals surface area contributed by atoms with Gasteiger partial charge in [-0.2, -0.15) is 0 Å². The fourth-order valence-electron chi connectivity index (χ4n) is 3.36. The van der Waals surface area contributed by atoms with E-state index in [1.807, 2.05) is 24.3 Å². The molecule has 0 radical (unpaired) electrons. The lowest BCUT2D eigenvalue weighted by Crippen LogP contribution is -2.96. The summed E-state index contributed by atoms with van der Waals surface area (Å²) in [6, 6.07) is 8.50. The second-order valence-electron chi connectivity index (χ2n) is 6.55. The zero-order chi connectivity index (χ0) is 15.9. The number of nitrogens with one attached hydrogen (secondary N) is 1. The Morgan fingerprint density at radius 2 is 2.09 bits per heavy atom. The van der Waals surface area contributed by atoms with Gasteiger partial charge in [0, 0.05) is 5.92 Å². The third kappa shape index (κ3) is 4.73. The SMILES string of the molecule is COc1ccccc1NC(=O)C[C@H](C)[NH2+][C@@H]1CCCC[C@@H]1C. The van der Waals surface area contributed by atoms with Crippen LogP contribution in [0, 0.1) is 5.92 Å². The van der Waals surface area contributed by atoms with Crippen molar-refractivity contribution in [3.63, 3.8) is 0 Å². The van der Waals surface area contributed by atoms with E-state index in [1.165, 1.54) is 25.7 Å². The largest absolute Gasteiger partial charge is 0.495 e. The first-order chi connectivity index (χ1) is 10.6. The van der Waals surface area contributed by atoms with Gasteiger partial charge in [-0.1, -0.05) is 25.5 Å². The van der Waals surface area contributed by atoms with Gasteiger partial charge in [-0.05, 0) is 38.3 Å². The van der Waals surface area contributed by atoms with E-state index < -0.39 is 0 Å². The summed E-state index contributed by atoms with van der Waals surface area (Å²) >= 11 is 0. The molecule has 1 fully saturated rings. The summed E-state index contributed by atoms with van der Waals surface area (Å²) in [6.45, 7) is 4.48. The summed E-state index contributed by atoms with van der Waals surface area (Å²) in [5, 5.41) is 5.35. The number of nitrogens with two attached hydrogens (primary N) is 1. The molecule has 1 amide bonds. The molecule has 0 unspecified atom stereocenters. The molecule has 4 heteroatoms. The molecule has 0 heterocycles. The first kappa shape index (κ1) is 16.8. The maximum absolute atomic E-state index is 12.2. The molecule has 3 N–H and O–H groups in total. The monoisotopic (exact) mass is 305 g/mol. The van der Waals surface area contributed by atoms with Gasteiger partial charge in [-0.3, -0.25) is 4.79 Å². The lowest BCUT2D eigenvalue weighted by molar-refractivity contribution is -0.725. The average Bonchev–Trinajstić information content (AvgIpc) is 2.50. The van der Waals surface area contributed by atoms with E-state index >= 15 is 0 Å². The van der Waals surface area contributed by atoms with Gasteiger partial charge in [0.1, 0.15) is 5.75 Å². The Balaban J connectivity index is 1.83. The molecule has 0 bridgehead atoms. The van der Waals surface area contributed by atoms with Crippen LogP contribution in [-0.2, 0) is 4.79 Å². The molecule has 2 rings (SSSR count). The van der Waals surface area contributed by atoms with Gasteiger partial charge in [-0.25, -0.2) is 0 Å². The first-order valence-electron chi connectivity index (χ1n) is 8.38. The molecule has 1 aliphatic carbocycles. The molecule has 4 nitrogen and oxygen atoms in total. The molecule has 1 saturated carbocycles. The number of anilines is 1. The minimum absolute atomic E-state index is 0.0525. The van der Waals surface area contributed by atoms with Gasteiger partial charge in [0.05, 0.1) is 31.3 Å². The number of methoxy groups -OCH3 is 1. The number of quaternary nitrogens is 1. The van der Waals surface area contributed by atoms with Crippen LogP contribution >= 0.6 is 0 Å². The Morgan fingerprint density at radius 1 is 1.36 bits per heavy atom. The quantitative estimate of drug-likeness (QED) is 0.848. The number of amides is 1. The number of hydrogen-bond donors (Lipinski definition) is 2. The predicted octanol–water partition coefficient (Wildman–Crippen LogP) is 2.55. The predicted molar refractivity (Wildman–Crippen MR) is 89.0 cm³/mol. The highest BCUT2D eigenvalue weighted by Gasteiger charge is 2.26. The van der Waals surface area contributed by atoms with E-state index in [0.29, 0.717) is 24.3 Å². The molecule has 1 aromatic rings. The third-order valence-electron chi connectivity index (χ3n) is 4.64. The molecule has 122 valence electrons. The van der Waals surface area contributed by atoms with Gasteiger partial charge in [0.25, 0.3) is 0 Å². The number of hydrogen-bond acceptors (Lipinski definition) is 2. The number of para-hydroxylation sites is 2. The van der Waals surface area contributed by atoms with Crippen LogP contribution < -0.4 is 15.4 Å². The standard InChI is InChI=1S/C18H28N2O2/c1-13-8-4-5-9-15(13)19-14(2)12-18(21)20-16-10-6-7-11-17(16)22-3/h6-7,10-11,13-15,19H,4-5,8-9,12H2,1-3H3,(H,20,21)/p+1/t13-,14-,15+/m0/s1. The topological polar surface area (TPSA) is 54.9 Å². The zero-order valence-corrected chi connectivity index (χ0v) is 14.0. The van der Waals surface area contributed by atoms with E-state index in [4.69, 9.17) is 4.74 Å². The Bertz CT molecular complexity index is 490. The highest BCUT2D eigenvalue weighted by molar-refractivity contribution is 5.92. The summed E-state index contributed by atoms with van der Waals surface area (Å²) in [5.41, 5.74) is 0.744. The van der Waals surface area contributed by atoms with Crippen LogP contribution in [0.4, 0.5) is 5.69 Å². The molecular weight excluding hydrogens is 276 g/mol. The van der Waals surface area contributed by atoms with Crippen molar-refractivity contribution in [1.29, 1.82) is 0 Å². The maximum Gasteiger partial charge on any atom is 0.230 e. The molecule has 0 saturated heterocycles. The second-order valence-corrected chi connectivity index (χ2v) is 6.55. The Hall–Kier alpha value is -1.55. The van der Waals surface area contributed by atoms with E-state index in [1.54, 1.807) is 7.11 Å². The average molecular weight is 305 g/mol. The second kappa shape index (κ2) is 8.18. The van der Waals surface area contributed by atoms with Crippen LogP contribution in [0.1, 0.15) is 46.0 Å². The lowest BCUT2D eigenvalue weighted by Gasteiger charge is -2.29. The van der Waals surface area contributed by atoms with Gasteiger partial charge in [-0.15, -0.1) is 0 Å². The van der Waals surface area contributed by atoms with Crippen LogP contribution in [-0.4, -0.2) is 25.1 Å². The molecule has 0 spiro atoms. The van der Waals surface area contributed by atoms with Gasteiger partial charge < -0.3 is 15.4 Å². The van der Waals surface area contributed by atoms with Crippen molar-refractivity contribution in [3.05, 3.63) is 24.3 Å². The number of ether oxygens (including phenoxy) is 1. The molecular formula is C18H29N2O2+. The summed E-state index contributed by atoms with van der Waals surface area (Å²) in [5.74, 6) is 1.51. The minimum Gasteiger partial charge on any atom is -0.495 e. The summed E-state index contributed by atoms with van der Waals surface area (Å²) < 4.78 is 5.26. The number of rotatable bonds is 6. The van der Waals surface area contributed by atoms with E-state index in [0.717, 1.165) is 11.6 Å². The number of carbonyl (C=O) groups excluding carboxylic acids is 1. The number of carbonyl (C=O) groups is 1. The molecule has 1 aliphatic rings. The first-order valence-corrected chi connectivity index (χ1v) is 8.38. The third-order valence-corrected chi connectivity index (χ3v) is 4.64. The van der Waals surface area contributed by atoms with Crippen molar-refractivity contribution in [2.24, 2.45) is 5.92 Å². The van der Waals surface area contributed by atoms with Crippen LogP contribution in [0.5, 0.6) is 5.75 Å². The summed E-state index contributed by atoms with van der Waals surface area (Å²) in [7, 11) is 1.62. The fraction of sp³-hybridized carbons (Fsp3) is 0.611. The summed E-state index contributed by atoms with van der Waals surface area (Å²) in [4.78, 5) is 12.2. The van der Waals surface area contributed by atoms with Crippen LogP contribution in [0.15, 0.2) is 24.3 Å². The van der Waals surface area contributed by atoms with Crippen LogP contribution in [0.3, 0.4) is 0 Å². The van der Waals surface area contributed by atoms with Gasteiger partial charge in [0.2, 0.25) is 5.91 Å².